The minimum atomic E-state index is -0.681. The maximum absolute atomic E-state index is 10.6. The highest BCUT2D eigenvalue weighted by Crippen LogP contribution is 2.33. The number of carbonyl (C=O) groups is 1. The van der Waals surface area contributed by atoms with Gasteiger partial charge < -0.3 is 10.1 Å². The number of aromatic nitrogens is 1. The largest absolute Gasteiger partial charge is 0.481 e. The number of hydrogen-bond donors (Lipinski definition) is 2. The second-order valence-corrected chi connectivity index (χ2v) is 5.17. The second-order valence-electron chi connectivity index (χ2n) is 5.17. The third kappa shape index (κ3) is 2.01. The molecule has 1 atom stereocenters. The zero-order valence-electron chi connectivity index (χ0n) is 10.3. The Balaban J connectivity index is 1.85. The van der Waals surface area contributed by atoms with Crippen LogP contribution in [-0.4, -0.2) is 16.1 Å². The SMILES string of the molecule is O=C(O)CC[C@@H]1CCc2[nH]c3ccccc3c2C1. The average molecular weight is 243 g/mol. The Morgan fingerprint density at radius 1 is 1.39 bits per heavy atom. The molecule has 1 aliphatic rings. The van der Waals surface area contributed by atoms with E-state index < -0.39 is 5.97 Å². The molecule has 0 radical (unpaired) electrons. The highest BCUT2D eigenvalue weighted by atomic mass is 16.4. The van der Waals surface area contributed by atoms with Gasteiger partial charge >= 0.3 is 5.97 Å². The molecule has 3 rings (SSSR count). The van der Waals surface area contributed by atoms with Crippen molar-refractivity contribution in [3.63, 3.8) is 0 Å². The predicted molar refractivity (Wildman–Crippen MR) is 70.7 cm³/mol. The van der Waals surface area contributed by atoms with Gasteiger partial charge in [0.25, 0.3) is 0 Å². The monoisotopic (exact) mass is 243 g/mol. The van der Waals surface area contributed by atoms with Gasteiger partial charge in [0.2, 0.25) is 0 Å². The average Bonchev–Trinajstić information content (AvgIpc) is 2.74. The molecule has 0 aliphatic heterocycles. The van der Waals surface area contributed by atoms with Gasteiger partial charge in [-0.2, -0.15) is 0 Å². The first-order valence-electron chi connectivity index (χ1n) is 6.54. The summed E-state index contributed by atoms with van der Waals surface area (Å²) in [5.41, 5.74) is 3.97. The Hall–Kier alpha value is -1.77. The molecule has 1 aromatic heterocycles. The van der Waals surface area contributed by atoms with E-state index in [2.05, 4.69) is 23.2 Å². The summed E-state index contributed by atoms with van der Waals surface area (Å²) >= 11 is 0. The van der Waals surface area contributed by atoms with Crippen LogP contribution in [-0.2, 0) is 17.6 Å². The van der Waals surface area contributed by atoms with E-state index in [0.29, 0.717) is 12.3 Å². The van der Waals surface area contributed by atoms with Crippen LogP contribution in [0.1, 0.15) is 30.5 Å². The van der Waals surface area contributed by atoms with Gasteiger partial charge in [0.1, 0.15) is 0 Å². The van der Waals surface area contributed by atoms with E-state index in [0.717, 1.165) is 25.7 Å². The van der Waals surface area contributed by atoms with Crippen LogP contribution in [0.5, 0.6) is 0 Å². The van der Waals surface area contributed by atoms with Crippen LogP contribution in [0.4, 0.5) is 0 Å². The van der Waals surface area contributed by atoms with Crippen molar-refractivity contribution in [2.45, 2.75) is 32.1 Å². The van der Waals surface area contributed by atoms with Crippen LogP contribution in [0, 0.1) is 5.92 Å². The van der Waals surface area contributed by atoms with Crippen molar-refractivity contribution >= 4 is 16.9 Å². The fourth-order valence-electron chi connectivity index (χ4n) is 3.02. The Morgan fingerprint density at radius 2 is 2.22 bits per heavy atom. The Morgan fingerprint density at radius 3 is 3.06 bits per heavy atom. The molecule has 0 bridgehead atoms. The third-order valence-electron chi connectivity index (χ3n) is 3.96. The van der Waals surface area contributed by atoms with Gasteiger partial charge in [-0.05, 0) is 43.2 Å². The molecule has 94 valence electrons. The minimum absolute atomic E-state index is 0.294. The van der Waals surface area contributed by atoms with Crippen molar-refractivity contribution in [1.82, 2.24) is 4.98 Å². The van der Waals surface area contributed by atoms with Crippen LogP contribution in [0.2, 0.25) is 0 Å². The summed E-state index contributed by atoms with van der Waals surface area (Å²) in [7, 11) is 0. The number of carboxylic acids is 1. The summed E-state index contributed by atoms with van der Waals surface area (Å²) in [6.07, 6.45) is 4.27. The molecule has 1 aromatic carbocycles. The van der Waals surface area contributed by atoms with E-state index in [1.807, 2.05) is 6.07 Å². The van der Waals surface area contributed by atoms with Crippen molar-refractivity contribution in [3.05, 3.63) is 35.5 Å². The molecule has 18 heavy (non-hydrogen) atoms. The fourth-order valence-corrected chi connectivity index (χ4v) is 3.02. The molecule has 3 heteroatoms. The van der Waals surface area contributed by atoms with E-state index in [9.17, 15) is 4.79 Å². The van der Waals surface area contributed by atoms with Gasteiger partial charge in [0, 0.05) is 23.0 Å². The first kappa shape index (κ1) is 11.3. The van der Waals surface area contributed by atoms with Crippen molar-refractivity contribution in [2.75, 3.05) is 0 Å². The smallest absolute Gasteiger partial charge is 0.303 e. The normalized spacial score (nSPS) is 18.8. The Kier molecular flexibility index (Phi) is 2.82. The summed E-state index contributed by atoms with van der Waals surface area (Å²) in [5, 5.41) is 10.1. The second kappa shape index (κ2) is 4.48. The van der Waals surface area contributed by atoms with E-state index in [1.54, 1.807) is 0 Å². The van der Waals surface area contributed by atoms with Gasteiger partial charge in [-0.3, -0.25) is 4.79 Å². The summed E-state index contributed by atoms with van der Waals surface area (Å²) in [5.74, 6) is -0.160. The van der Waals surface area contributed by atoms with Gasteiger partial charge in [-0.25, -0.2) is 0 Å². The zero-order valence-corrected chi connectivity index (χ0v) is 10.3. The summed E-state index contributed by atoms with van der Waals surface area (Å²) in [4.78, 5) is 14.1. The number of fused-ring (bicyclic) bond motifs is 3. The van der Waals surface area contributed by atoms with Crippen LogP contribution in [0.25, 0.3) is 10.9 Å². The van der Waals surface area contributed by atoms with Gasteiger partial charge in [-0.1, -0.05) is 18.2 Å². The summed E-state index contributed by atoms with van der Waals surface area (Å²) < 4.78 is 0. The van der Waals surface area contributed by atoms with E-state index in [1.165, 1.54) is 22.2 Å². The molecule has 1 aliphatic carbocycles. The number of aliphatic carboxylic acids is 1. The molecule has 0 saturated heterocycles. The third-order valence-corrected chi connectivity index (χ3v) is 3.96. The van der Waals surface area contributed by atoms with E-state index in [4.69, 9.17) is 5.11 Å². The van der Waals surface area contributed by atoms with Crippen molar-refractivity contribution in [3.8, 4) is 0 Å². The molecule has 3 nitrogen and oxygen atoms in total. The Labute approximate surface area is 106 Å². The number of aryl methyl sites for hydroxylation is 1. The molecule has 2 N–H and O–H groups in total. The van der Waals surface area contributed by atoms with Gasteiger partial charge in [-0.15, -0.1) is 0 Å². The van der Waals surface area contributed by atoms with Crippen LogP contribution in [0.3, 0.4) is 0 Å². The number of carboxylic acid groups (broad SMARTS) is 1. The van der Waals surface area contributed by atoms with E-state index >= 15 is 0 Å². The minimum Gasteiger partial charge on any atom is -0.481 e. The van der Waals surface area contributed by atoms with Crippen molar-refractivity contribution < 1.29 is 9.90 Å². The lowest BCUT2D eigenvalue weighted by molar-refractivity contribution is -0.137. The number of H-pyrrole nitrogens is 1. The summed E-state index contributed by atoms with van der Waals surface area (Å²) in [6, 6.07) is 8.38. The molecule has 0 fully saturated rings. The molecule has 0 unspecified atom stereocenters. The number of nitrogens with one attached hydrogen (secondary N) is 1. The standard InChI is InChI=1S/C15H17NO2/c17-15(18)8-6-10-5-7-14-12(9-10)11-3-1-2-4-13(11)16-14/h1-4,10,16H,5-9H2,(H,17,18)/t10-/m0/s1. The van der Waals surface area contributed by atoms with Gasteiger partial charge in [0.15, 0.2) is 0 Å². The lowest BCUT2D eigenvalue weighted by Crippen LogP contribution is -2.14. The molecule has 0 saturated carbocycles. The van der Waals surface area contributed by atoms with Crippen LogP contribution < -0.4 is 0 Å². The molecular formula is C15H17NO2. The maximum atomic E-state index is 10.6. The number of aromatic amines is 1. The first-order chi connectivity index (χ1) is 8.74. The molecule has 0 spiro atoms. The number of para-hydroxylation sites is 1. The van der Waals surface area contributed by atoms with Crippen LogP contribution in [0.15, 0.2) is 24.3 Å². The van der Waals surface area contributed by atoms with E-state index in [-0.39, 0.29) is 0 Å². The predicted octanol–water partition coefficient (Wildman–Crippen LogP) is 3.14. The zero-order chi connectivity index (χ0) is 12.5. The van der Waals surface area contributed by atoms with Crippen molar-refractivity contribution in [1.29, 1.82) is 0 Å². The lowest BCUT2D eigenvalue weighted by atomic mass is 9.84. The highest BCUT2D eigenvalue weighted by molar-refractivity contribution is 5.84. The van der Waals surface area contributed by atoms with Crippen LogP contribution >= 0.6 is 0 Å². The van der Waals surface area contributed by atoms with Crippen molar-refractivity contribution in [2.24, 2.45) is 5.92 Å². The summed E-state index contributed by atoms with van der Waals surface area (Å²) in [6.45, 7) is 0. The fraction of sp³-hybridized carbons (Fsp3) is 0.400. The molecule has 0 amide bonds. The molecule has 1 heterocycles. The highest BCUT2D eigenvalue weighted by Gasteiger charge is 2.22. The number of benzene rings is 1. The lowest BCUT2D eigenvalue weighted by Gasteiger charge is -2.21. The molecule has 2 aromatic rings. The Bertz CT molecular complexity index is 585. The van der Waals surface area contributed by atoms with Gasteiger partial charge in [0.05, 0.1) is 0 Å². The quantitative estimate of drug-likeness (QED) is 0.870. The maximum Gasteiger partial charge on any atom is 0.303 e. The number of hydrogen-bond acceptors (Lipinski definition) is 1. The molecular weight excluding hydrogens is 226 g/mol. The number of rotatable bonds is 3. The first-order valence-corrected chi connectivity index (χ1v) is 6.54. The topological polar surface area (TPSA) is 53.1 Å².